The molecule has 140 valence electrons. The Morgan fingerprint density at radius 3 is 1.86 bits per heavy atom. The molecule has 0 spiro atoms. The van der Waals surface area contributed by atoms with Gasteiger partial charge in [0.1, 0.15) is 0 Å². The van der Waals surface area contributed by atoms with E-state index in [0.717, 1.165) is 28.1 Å². The van der Waals surface area contributed by atoms with Gasteiger partial charge in [-0.25, -0.2) is 0 Å². The van der Waals surface area contributed by atoms with Gasteiger partial charge in [-0.15, -0.1) is 0 Å². The van der Waals surface area contributed by atoms with Crippen molar-refractivity contribution in [2.75, 3.05) is 4.90 Å². The summed E-state index contributed by atoms with van der Waals surface area (Å²) in [5.74, 6) is -0.365. The molecule has 1 aliphatic heterocycles. The highest BCUT2D eigenvalue weighted by Crippen LogP contribution is 2.49. The molecule has 4 nitrogen and oxygen atoms in total. The second-order valence-electron chi connectivity index (χ2n) is 7.08. The Bertz CT molecular complexity index is 1090. The van der Waals surface area contributed by atoms with Crippen molar-refractivity contribution in [1.82, 2.24) is 9.97 Å². The number of aromatic nitrogens is 2. The summed E-state index contributed by atoms with van der Waals surface area (Å²) < 4.78 is 0. The van der Waals surface area contributed by atoms with Crippen LogP contribution in [-0.2, 0) is 4.79 Å². The maximum absolute atomic E-state index is 13.8. The van der Waals surface area contributed by atoms with Crippen LogP contribution in [-0.4, -0.2) is 15.9 Å². The number of hydrogen-bond donors (Lipinski definition) is 0. The molecule has 4 aromatic rings. The fourth-order valence-corrected chi connectivity index (χ4v) is 4.23. The fourth-order valence-electron chi connectivity index (χ4n) is 4.23. The van der Waals surface area contributed by atoms with Crippen LogP contribution in [0.2, 0.25) is 0 Å². The van der Waals surface area contributed by atoms with Crippen LogP contribution >= 0.6 is 0 Å². The number of anilines is 2. The summed E-state index contributed by atoms with van der Waals surface area (Å²) in [6, 6.07) is 25.9. The molecule has 0 bridgehead atoms. The molecule has 0 saturated carbocycles. The van der Waals surface area contributed by atoms with Crippen LogP contribution in [0.4, 0.5) is 11.4 Å². The number of amides is 1. The second-order valence-corrected chi connectivity index (χ2v) is 7.08. The van der Waals surface area contributed by atoms with E-state index in [1.807, 2.05) is 77.7 Å². The van der Waals surface area contributed by atoms with Crippen LogP contribution < -0.4 is 4.90 Å². The van der Waals surface area contributed by atoms with Gasteiger partial charge >= 0.3 is 0 Å². The lowest BCUT2D eigenvalue weighted by Crippen LogP contribution is -2.27. The van der Waals surface area contributed by atoms with Gasteiger partial charge in [0.25, 0.3) is 0 Å². The Hall–Kier alpha value is -3.79. The standard InChI is InChI=1S/C25H19N3O/c29-25-24(23(18-10-14-26-15-11-18)19-12-16-27-17-13-19)21-8-4-5-9-22(21)28(25)20-6-2-1-3-7-20/h1-17,23-24H. The first-order valence-electron chi connectivity index (χ1n) is 9.62. The lowest BCUT2D eigenvalue weighted by molar-refractivity contribution is -0.118. The lowest BCUT2D eigenvalue weighted by Gasteiger charge is -2.25. The van der Waals surface area contributed by atoms with Crippen LogP contribution in [0.25, 0.3) is 0 Å². The molecule has 0 N–H and O–H groups in total. The first-order chi connectivity index (χ1) is 14.3. The predicted molar refractivity (Wildman–Crippen MR) is 113 cm³/mol. The van der Waals surface area contributed by atoms with Crippen molar-refractivity contribution in [3.63, 3.8) is 0 Å². The van der Waals surface area contributed by atoms with Crippen molar-refractivity contribution < 1.29 is 4.79 Å². The topological polar surface area (TPSA) is 46.1 Å². The van der Waals surface area contributed by atoms with Crippen molar-refractivity contribution in [3.8, 4) is 0 Å². The van der Waals surface area contributed by atoms with E-state index in [0.29, 0.717) is 0 Å². The van der Waals surface area contributed by atoms with Gasteiger partial charge < -0.3 is 0 Å². The third kappa shape index (κ3) is 2.99. The van der Waals surface area contributed by atoms with Gasteiger partial charge in [0.15, 0.2) is 0 Å². The smallest absolute Gasteiger partial charge is 0.240 e. The average molecular weight is 377 g/mol. The first-order valence-corrected chi connectivity index (χ1v) is 9.62. The number of carbonyl (C=O) groups is 1. The second kappa shape index (κ2) is 7.32. The van der Waals surface area contributed by atoms with E-state index in [4.69, 9.17) is 0 Å². The van der Waals surface area contributed by atoms with Crippen LogP contribution in [0.15, 0.2) is 104 Å². The number of rotatable bonds is 4. The molecule has 1 aliphatic rings. The summed E-state index contributed by atoms with van der Waals surface area (Å²) >= 11 is 0. The Morgan fingerprint density at radius 2 is 1.24 bits per heavy atom. The molecular weight excluding hydrogens is 358 g/mol. The van der Waals surface area contributed by atoms with Crippen molar-refractivity contribution in [1.29, 1.82) is 0 Å². The van der Waals surface area contributed by atoms with Crippen LogP contribution in [0.1, 0.15) is 28.5 Å². The quantitative estimate of drug-likeness (QED) is 0.499. The van der Waals surface area contributed by atoms with Gasteiger partial charge in [-0.1, -0.05) is 36.4 Å². The largest absolute Gasteiger partial charge is 0.280 e. The third-order valence-electron chi connectivity index (χ3n) is 5.48. The number of para-hydroxylation sites is 2. The molecule has 1 unspecified atom stereocenters. The number of pyridine rings is 2. The molecule has 2 aromatic heterocycles. The van der Waals surface area contributed by atoms with E-state index in [1.54, 1.807) is 24.8 Å². The summed E-state index contributed by atoms with van der Waals surface area (Å²) in [5, 5.41) is 0. The van der Waals surface area contributed by atoms with Crippen molar-refractivity contribution >= 4 is 17.3 Å². The highest BCUT2D eigenvalue weighted by molar-refractivity contribution is 6.11. The molecule has 0 radical (unpaired) electrons. The molecular formula is C25H19N3O. The highest BCUT2D eigenvalue weighted by Gasteiger charge is 2.43. The first kappa shape index (κ1) is 17.3. The van der Waals surface area contributed by atoms with Gasteiger partial charge in [0.05, 0.1) is 11.6 Å². The summed E-state index contributed by atoms with van der Waals surface area (Å²) in [5.41, 5.74) is 5.00. The molecule has 0 aliphatic carbocycles. The zero-order valence-corrected chi connectivity index (χ0v) is 15.7. The number of fused-ring (bicyclic) bond motifs is 1. The minimum Gasteiger partial charge on any atom is -0.280 e. The predicted octanol–water partition coefficient (Wildman–Crippen LogP) is 5.07. The van der Waals surface area contributed by atoms with Crippen LogP contribution in [0.5, 0.6) is 0 Å². The molecule has 0 fully saturated rings. The van der Waals surface area contributed by atoms with E-state index in [9.17, 15) is 4.79 Å². The maximum Gasteiger partial charge on any atom is 0.240 e. The van der Waals surface area contributed by atoms with Gasteiger partial charge in [0, 0.05) is 36.4 Å². The lowest BCUT2D eigenvalue weighted by atomic mass is 9.78. The van der Waals surface area contributed by atoms with Gasteiger partial charge in [-0.2, -0.15) is 0 Å². The Morgan fingerprint density at radius 1 is 0.690 bits per heavy atom. The van der Waals surface area contributed by atoms with Gasteiger partial charge in [-0.05, 0) is 59.2 Å². The van der Waals surface area contributed by atoms with Crippen molar-refractivity contribution in [3.05, 3.63) is 120 Å². The molecule has 4 heteroatoms. The Labute approximate surface area is 169 Å². The van der Waals surface area contributed by atoms with E-state index >= 15 is 0 Å². The van der Waals surface area contributed by atoms with Crippen LogP contribution in [0.3, 0.4) is 0 Å². The van der Waals surface area contributed by atoms with E-state index in [-0.39, 0.29) is 17.7 Å². The van der Waals surface area contributed by atoms with E-state index < -0.39 is 0 Å². The summed E-state index contributed by atoms with van der Waals surface area (Å²) in [6.45, 7) is 0. The number of nitrogens with zero attached hydrogens (tertiary/aromatic N) is 3. The van der Waals surface area contributed by atoms with Gasteiger partial charge in [0.2, 0.25) is 5.91 Å². The number of hydrogen-bond acceptors (Lipinski definition) is 3. The Balaban J connectivity index is 1.70. The summed E-state index contributed by atoms with van der Waals surface area (Å²) in [6.07, 6.45) is 7.13. The molecule has 0 saturated heterocycles. The highest BCUT2D eigenvalue weighted by atomic mass is 16.2. The maximum atomic E-state index is 13.8. The van der Waals surface area contributed by atoms with Crippen molar-refractivity contribution in [2.24, 2.45) is 0 Å². The van der Waals surface area contributed by atoms with Crippen molar-refractivity contribution in [2.45, 2.75) is 11.8 Å². The fraction of sp³-hybridized carbons (Fsp3) is 0.0800. The van der Waals surface area contributed by atoms with E-state index in [2.05, 4.69) is 16.0 Å². The molecule has 2 aromatic carbocycles. The third-order valence-corrected chi connectivity index (χ3v) is 5.48. The molecule has 5 rings (SSSR count). The number of carbonyl (C=O) groups excluding carboxylic acids is 1. The molecule has 3 heterocycles. The SMILES string of the molecule is O=C1C(C(c2ccncc2)c2ccncc2)c2ccccc2N1c1ccccc1. The normalized spacial score (nSPS) is 15.6. The molecule has 1 amide bonds. The molecule has 1 atom stereocenters. The summed E-state index contributed by atoms with van der Waals surface area (Å²) in [7, 11) is 0. The zero-order valence-electron chi connectivity index (χ0n) is 15.7. The minimum atomic E-state index is -0.323. The van der Waals surface area contributed by atoms with E-state index in [1.165, 1.54) is 0 Å². The van der Waals surface area contributed by atoms with Crippen LogP contribution in [0, 0.1) is 0 Å². The van der Waals surface area contributed by atoms with Gasteiger partial charge in [-0.3, -0.25) is 19.7 Å². The monoisotopic (exact) mass is 377 g/mol. The molecule has 29 heavy (non-hydrogen) atoms. The number of benzene rings is 2. The minimum absolute atomic E-state index is 0.0797. The summed E-state index contributed by atoms with van der Waals surface area (Å²) in [4.78, 5) is 24.0. The average Bonchev–Trinajstić information content (AvgIpc) is 3.08. The Kier molecular flexibility index (Phi) is 4.37. The zero-order chi connectivity index (χ0) is 19.6.